The molecule has 8 heteroatoms. The zero-order valence-electron chi connectivity index (χ0n) is 16.5. The van der Waals surface area contributed by atoms with Crippen molar-refractivity contribution < 1.29 is 9.18 Å². The number of carbonyl (C=O) groups excluding carboxylic acids is 1. The lowest BCUT2D eigenvalue weighted by atomic mass is 10.2. The second-order valence-electron chi connectivity index (χ2n) is 7.39. The molecule has 3 aromatic rings. The van der Waals surface area contributed by atoms with Crippen LogP contribution < -0.4 is 11.2 Å². The smallest absolute Gasteiger partial charge is 0.331 e. The van der Waals surface area contributed by atoms with E-state index in [0.29, 0.717) is 10.9 Å². The lowest BCUT2D eigenvalue weighted by Crippen LogP contribution is -2.43. The molecule has 156 valence electrons. The Balaban J connectivity index is 1.73. The van der Waals surface area contributed by atoms with E-state index in [-0.39, 0.29) is 47.7 Å². The van der Waals surface area contributed by atoms with Crippen molar-refractivity contribution in [1.29, 1.82) is 0 Å². The van der Waals surface area contributed by atoms with E-state index in [4.69, 9.17) is 11.6 Å². The Morgan fingerprint density at radius 1 is 1.13 bits per heavy atom. The van der Waals surface area contributed by atoms with Gasteiger partial charge in [-0.15, -0.1) is 0 Å². The molecule has 6 nitrogen and oxygen atoms in total. The van der Waals surface area contributed by atoms with Crippen LogP contribution in [0.2, 0.25) is 5.02 Å². The molecule has 1 saturated carbocycles. The van der Waals surface area contributed by atoms with Crippen LogP contribution in [-0.2, 0) is 24.4 Å². The van der Waals surface area contributed by atoms with Crippen LogP contribution in [0.4, 0.5) is 4.39 Å². The van der Waals surface area contributed by atoms with Crippen LogP contribution in [0.5, 0.6) is 0 Å². The molecular weight excluding hydrogens is 409 g/mol. The zero-order chi connectivity index (χ0) is 21.4. The summed E-state index contributed by atoms with van der Waals surface area (Å²) in [7, 11) is 0. The van der Waals surface area contributed by atoms with Crippen molar-refractivity contribution in [2.45, 2.75) is 45.4 Å². The summed E-state index contributed by atoms with van der Waals surface area (Å²) < 4.78 is 16.7. The number of nitrogens with zero attached hydrogens (tertiary/aromatic N) is 3. The Kier molecular flexibility index (Phi) is 5.47. The molecule has 30 heavy (non-hydrogen) atoms. The van der Waals surface area contributed by atoms with Gasteiger partial charge in [-0.3, -0.25) is 18.7 Å². The highest BCUT2D eigenvalue weighted by Crippen LogP contribution is 2.31. The number of aromatic nitrogens is 2. The summed E-state index contributed by atoms with van der Waals surface area (Å²) in [5, 5.41) is 0.637. The maximum atomic E-state index is 14.3. The fourth-order valence-electron chi connectivity index (χ4n) is 3.69. The molecule has 0 aliphatic heterocycles. The van der Waals surface area contributed by atoms with Gasteiger partial charge in [0.25, 0.3) is 5.56 Å². The summed E-state index contributed by atoms with van der Waals surface area (Å²) in [4.78, 5) is 40.3. The molecule has 1 fully saturated rings. The Morgan fingerprint density at radius 3 is 2.53 bits per heavy atom. The van der Waals surface area contributed by atoms with Crippen molar-refractivity contribution >= 4 is 28.4 Å². The number of hydrogen-bond acceptors (Lipinski definition) is 3. The number of para-hydroxylation sites is 1. The van der Waals surface area contributed by atoms with Crippen LogP contribution in [0.1, 0.15) is 25.3 Å². The van der Waals surface area contributed by atoms with E-state index in [2.05, 4.69) is 0 Å². The van der Waals surface area contributed by atoms with Crippen LogP contribution in [0.15, 0.2) is 52.1 Å². The highest BCUT2D eigenvalue weighted by Gasteiger charge is 2.34. The van der Waals surface area contributed by atoms with Crippen LogP contribution >= 0.6 is 11.6 Å². The fourth-order valence-corrected chi connectivity index (χ4v) is 3.91. The standard InChI is InChI=1S/C22H21ClFN3O3/c1-2-25-21(29)15-6-3-4-9-19(15)27(22(25)30)13-20(28)26(14-10-11-14)12-16-17(23)7-5-8-18(16)24/h3-9,14H,2,10-13H2,1H3. The SMILES string of the molecule is CCn1c(=O)c2ccccc2n(CC(=O)N(Cc2c(F)cccc2Cl)C2CC2)c1=O. The lowest BCUT2D eigenvalue weighted by Gasteiger charge is -2.24. The van der Waals surface area contributed by atoms with Crippen LogP contribution in [0.25, 0.3) is 10.9 Å². The van der Waals surface area contributed by atoms with Crippen LogP contribution in [0, 0.1) is 5.82 Å². The summed E-state index contributed by atoms with van der Waals surface area (Å²) >= 11 is 6.15. The van der Waals surface area contributed by atoms with Gasteiger partial charge in [-0.25, -0.2) is 9.18 Å². The largest absolute Gasteiger partial charge is 0.334 e. The summed E-state index contributed by atoms with van der Waals surface area (Å²) in [5.41, 5.74) is -0.242. The van der Waals surface area contributed by atoms with Crippen molar-refractivity contribution in [1.82, 2.24) is 14.0 Å². The molecule has 0 bridgehead atoms. The monoisotopic (exact) mass is 429 g/mol. The highest BCUT2D eigenvalue weighted by molar-refractivity contribution is 6.31. The van der Waals surface area contributed by atoms with Gasteiger partial charge in [0.2, 0.25) is 5.91 Å². The first-order valence-electron chi connectivity index (χ1n) is 9.87. The molecule has 0 radical (unpaired) electrons. The maximum Gasteiger partial charge on any atom is 0.331 e. The van der Waals surface area contributed by atoms with Gasteiger partial charge in [0.05, 0.1) is 17.4 Å². The Bertz CT molecular complexity index is 1230. The van der Waals surface area contributed by atoms with Crippen molar-refractivity contribution in [3.8, 4) is 0 Å². The van der Waals surface area contributed by atoms with E-state index in [1.165, 1.54) is 16.7 Å². The first-order valence-corrected chi connectivity index (χ1v) is 10.2. The summed E-state index contributed by atoms with van der Waals surface area (Å²) in [6.07, 6.45) is 1.64. The van der Waals surface area contributed by atoms with E-state index in [1.54, 1.807) is 42.2 Å². The molecule has 1 aliphatic carbocycles. The molecule has 0 N–H and O–H groups in total. The molecule has 0 unspecified atom stereocenters. The normalized spacial score (nSPS) is 13.6. The average molecular weight is 430 g/mol. The summed E-state index contributed by atoms with van der Waals surface area (Å²) in [6.45, 7) is 1.71. The minimum atomic E-state index is -0.533. The molecule has 0 saturated heterocycles. The van der Waals surface area contributed by atoms with E-state index >= 15 is 0 Å². The third kappa shape index (κ3) is 3.65. The number of fused-ring (bicyclic) bond motifs is 1. The van der Waals surface area contributed by atoms with Gasteiger partial charge < -0.3 is 4.90 Å². The second kappa shape index (κ2) is 8.07. The van der Waals surface area contributed by atoms with Gasteiger partial charge in [0, 0.05) is 23.2 Å². The Labute approximate surface area is 177 Å². The quantitative estimate of drug-likeness (QED) is 0.604. The molecule has 1 heterocycles. The van der Waals surface area contributed by atoms with Gasteiger partial charge in [0.1, 0.15) is 12.4 Å². The topological polar surface area (TPSA) is 64.3 Å². The summed E-state index contributed by atoms with van der Waals surface area (Å²) in [5.74, 6) is -0.784. The average Bonchev–Trinajstić information content (AvgIpc) is 3.56. The van der Waals surface area contributed by atoms with Gasteiger partial charge in [-0.1, -0.05) is 29.8 Å². The number of halogens is 2. The van der Waals surface area contributed by atoms with Crippen molar-refractivity contribution in [2.24, 2.45) is 0 Å². The minimum Gasteiger partial charge on any atom is -0.334 e. The number of amides is 1. The van der Waals surface area contributed by atoms with Gasteiger partial charge in [0.15, 0.2) is 0 Å². The minimum absolute atomic E-state index is 0.00720. The molecule has 2 aromatic carbocycles. The molecule has 1 aliphatic rings. The number of carbonyl (C=O) groups is 1. The Hall–Kier alpha value is -2.93. The predicted molar refractivity (Wildman–Crippen MR) is 113 cm³/mol. The fraction of sp³-hybridized carbons (Fsp3) is 0.318. The van der Waals surface area contributed by atoms with Gasteiger partial charge in [-0.05, 0) is 44.0 Å². The van der Waals surface area contributed by atoms with E-state index in [9.17, 15) is 18.8 Å². The maximum absolute atomic E-state index is 14.3. The van der Waals surface area contributed by atoms with E-state index in [0.717, 1.165) is 17.4 Å². The third-order valence-corrected chi connectivity index (χ3v) is 5.79. The van der Waals surface area contributed by atoms with Crippen molar-refractivity contribution in [2.75, 3.05) is 0 Å². The lowest BCUT2D eigenvalue weighted by molar-refractivity contribution is -0.133. The van der Waals surface area contributed by atoms with Gasteiger partial charge >= 0.3 is 5.69 Å². The molecular formula is C22H21ClFN3O3. The van der Waals surface area contributed by atoms with Gasteiger partial charge in [-0.2, -0.15) is 0 Å². The first kappa shape index (κ1) is 20.3. The number of benzene rings is 2. The summed E-state index contributed by atoms with van der Waals surface area (Å²) in [6, 6.07) is 11.1. The number of rotatable bonds is 6. The molecule has 1 aromatic heterocycles. The predicted octanol–water partition coefficient (Wildman–Crippen LogP) is 3.17. The van der Waals surface area contributed by atoms with Crippen molar-refractivity contribution in [3.63, 3.8) is 0 Å². The van der Waals surface area contributed by atoms with Crippen molar-refractivity contribution in [3.05, 3.63) is 79.7 Å². The van der Waals surface area contributed by atoms with Crippen LogP contribution in [0.3, 0.4) is 0 Å². The molecule has 1 amide bonds. The number of hydrogen-bond donors (Lipinski definition) is 0. The first-order chi connectivity index (χ1) is 14.4. The molecule has 0 atom stereocenters. The van der Waals surface area contributed by atoms with E-state index in [1.807, 2.05) is 0 Å². The highest BCUT2D eigenvalue weighted by atomic mass is 35.5. The van der Waals surface area contributed by atoms with Crippen LogP contribution in [-0.4, -0.2) is 26.0 Å². The molecule has 0 spiro atoms. The third-order valence-electron chi connectivity index (χ3n) is 5.44. The van der Waals surface area contributed by atoms with E-state index < -0.39 is 11.5 Å². The second-order valence-corrected chi connectivity index (χ2v) is 7.80. The molecule has 4 rings (SSSR count). The zero-order valence-corrected chi connectivity index (χ0v) is 17.2. The Morgan fingerprint density at radius 2 is 1.87 bits per heavy atom.